The Balaban J connectivity index is 2.01. The molecule has 0 aliphatic carbocycles. The number of aliphatic hydroxyl groups is 1. The maximum atomic E-state index is 14.4. The summed E-state index contributed by atoms with van der Waals surface area (Å²) in [5, 5.41) is 11.4. The summed E-state index contributed by atoms with van der Waals surface area (Å²) in [4.78, 5) is 45.6. The molecule has 2 heterocycles. The zero-order valence-corrected chi connectivity index (χ0v) is 20.0. The van der Waals surface area contributed by atoms with Gasteiger partial charge in [0.05, 0.1) is 11.3 Å². The lowest BCUT2D eigenvalue weighted by molar-refractivity contribution is -0.143. The third-order valence-corrected chi connectivity index (χ3v) is 6.55. The molecule has 1 spiro atoms. The average molecular weight is 478 g/mol. The predicted octanol–water partition coefficient (Wildman–Crippen LogP) is 3.19. The van der Waals surface area contributed by atoms with E-state index in [1.54, 1.807) is 37.3 Å². The van der Waals surface area contributed by atoms with Crippen molar-refractivity contribution in [2.75, 3.05) is 38.6 Å². The van der Waals surface area contributed by atoms with Crippen molar-refractivity contribution in [2.45, 2.75) is 18.9 Å². The second-order valence-corrected chi connectivity index (χ2v) is 9.06. The van der Waals surface area contributed by atoms with Gasteiger partial charge in [-0.05, 0) is 51.7 Å². The standard InChI is InChI=1S/C27H28FN3O4/c1-5-13-30-21-10-7-6-9-19(21)27(26(30)35)22(23(32)18-12-11-17(2)20(28)16-18)24(33)25(34)31(27)15-8-14-29(3)4/h5-7,9-12,16,32H,1,8,13-15H2,2-4H3. The van der Waals surface area contributed by atoms with Gasteiger partial charge in [0.25, 0.3) is 17.6 Å². The highest BCUT2D eigenvalue weighted by molar-refractivity contribution is 6.50. The molecule has 0 saturated carbocycles. The van der Waals surface area contributed by atoms with Crippen LogP contribution in [0.3, 0.4) is 0 Å². The highest BCUT2D eigenvalue weighted by Gasteiger charge is 2.66. The number of para-hydroxylation sites is 1. The number of benzene rings is 2. The van der Waals surface area contributed by atoms with E-state index in [0.717, 1.165) is 6.07 Å². The van der Waals surface area contributed by atoms with E-state index < -0.39 is 34.7 Å². The van der Waals surface area contributed by atoms with Gasteiger partial charge in [-0.1, -0.05) is 36.4 Å². The van der Waals surface area contributed by atoms with E-state index in [0.29, 0.717) is 29.8 Å². The summed E-state index contributed by atoms with van der Waals surface area (Å²) in [6.45, 7) is 6.19. The molecule has 1 unspecified atom stereocenters. The Morgan fingerprint density at radius 2 is 1.89 bits per heavy atom. The Labute approximate surface area is 203 Å². The smallest absolute Gasteiger partial charge is 0.296 e. The normalized spacial score (nSPS) is 20.9. The summed E-state index contributed by atoms with van der Waals surface area (Å²) in [5.41, 5.74) is -0.875. The van der Waals surface area contributed by atoms with Crippen molar-refractivity contribution in [3.05, 3.63) is 83.2 Å². The number of rotatable bonds is 7. The van der Waals surface area contributed by atoms with Gasteiger partial charge in [-0.15, -0.1) is 6.58 Å². The van der Waals surface area contributed by atoms with Gasteiger partial charge in [0.1, 0.15) is 11.6 Å². The molecule has 0 aromatic heterocycles. The van der Waals surface area contributed by atoms with Crippen LogP contribution in [0.2, 0.25) is 0 Å². The number of likely N-dealkylation sites (tertiary alicyclic amines) is 1. The van der Waals surface area contributed by atoms with E-state index in [1.165, 1.54) is 21.9 Å². The van der Waals surface area contributed by atoms with Crippen LogP contribution in [0.25, 0.3) is 5.76 Å². The number of aryl methyl sites for hydroxylation is 1. The van der Waals surface area contributed by atoms with E-state index in [-0.39, 0.29) is 24.2 Å². The van der Waals surface area contributed by atoms with Gasteiger partial charge >= 0.3 is 0 Å². The van der Waals surface area contributed by atoms with Gasteiger partial charge in [0.15, 0.2) is 5.54 Å². The van der Waals surface area contributed by atoms with E-state index >= 15 is 0 Å². The molecule has 2 aromatic carbocycles. The van der Waals surface area contributed by atoms with E-state index in [2.05, 4.69) is 6.58 Å². The summed E-state index contributed by atoms with van der Waals surface area (Å²) in [6, 6.07) is 10.9. The topological polar surface area (TPSA) is 81.2 Å². The van der Waals surface area contributed by atoms with Gasteiger partial charge in [0, 0.05) is 24.2 Å². The first kappa shape index (κ1) is 24.3. The lowest BCUT2D eigenvalue weighted by atomic mass is 9.81. The van der Waals surface area contributed by atoms with Crippen LogP contribution in [0, 0.1) is 12.7 Å². The molecule has 2 aromatic rings. The molecule has 1 atom stereocenters. The molecular formula is C27H28FN3O4. The van der Waals surface area contributed by atoms with Crippen LogP contribution in [0.1, 0.15) is 23.1 Å². The molecule has 35 heavy (non-hydrogen) atoms. The van der Waals surface area contributed by atoms with Crippen LogP contribution >= 0.6 is 0 Å². The number of carbonyl (C=O) groups excluding carboxylic acids is 3. The number of fused-ring (bicyclic) bond motifs is 2. The number of aliphatic hydroxyl groups excluding tert-OH is 1. The number of halogens is 1. The number of ketones is 1. The first-order chi connectivity index (χ1) is 16.7. The fourth-order valence-electron chi connectivity index (χ4n) is 4.91. The number of nitrogens with zero attached hydrogens (tertiary/aromatic N) is 3. The highest BCUT2D eigenvalue weighted by Crippen LogP contribution is 2.53. The Kier molecular flexibility index (Phi) is 6.34. The first-order valence-corrected chi connectivity index (χ1v) is 11.4. The minimum atomic E-state index is -1.86. The lowest BCUT2D eigenvalue weighted by Crippen LogP contribution is -2.52. The molecule has 1 N–H and O–H groups in total. The number of anilines is 1. The van der Waals surface area contributed by atoms with Crippen molar-refractivity contribution in [2.24, 2.45) is 0 Å². The minimum absolute atomic E-state index is 0.0196. The molecule has 0 radical (unpaired) electrons. The van der Waals surface area contributed by atoms with E-state index in [1.807, 2.05) is 19.0 Å². The van der Waals surface area contributed by atoms with Crippen LogP contribution in [-0.2, 0) is 19.9 Å². The Hall–Kier alpha value is -3.78. The van der Waals surface area contributed by atoms with Crippen molar-refractivity contribution in [1.82, 2.24) is 9.80 Å². The molecule has 4 rings (SSSR count). The van der Waals surface area contributed by atoms with Crippen molar-refractivity contribution < 1.29 is 23.9 Å². The predicted molar refractivity (Wildman–Crippen MR) is 131 cm³/mol. The maximum Gasteiger partial charge on any atom is 0.296 e. The monoisotopic (exact) mass is 477 g/mol. The van der Waals surface area contributed by atoms with E-state index in [9.17, 15) is 23.9 Å². The molecule has 2 amide bonds. The van der Waals surface area contributed by atoms with Crippen molar-refractivity contribution in [1.29, 1.82) is 0 Å². The molecule has 8 heteroatoms. The van der Waals surface area contributed by atoms with Crippen LogP contribution in [0.15, 0.2) is 60.7 Å². The van der Waals surface area contributed by atoms with Crippen molar-refractivity contribution in [3.8, 4) is 0 Å². The molecule has 182 valence electrons. The number of amides is 2. The van der Waals surface area contributed by atoms with E-state index in [4.69, 9.17) is 0 Å². The van der Waals surface area contributed by atoms with Crippen LogP contribution < -0.4 is 4.90 Å². The van der Waals surface area contributed by atoms with Crippen molar-refractivity contribution >= 4 is 29.0 Å². The Morgan fingerprint density at radius 3 is 2.54 bits per heavy atom. The largest absolute Gasteiger partial charge is 0.507 e. The summed E-state index contributed by atoms with van der Waals surface area (Å²) in [6.07, 6.45) is 2.05. The van der Waals surface area contributed by atoms with Crippen molar-refractivity contribution in [3.63, 3.8) is 0 Å². The van der Waals surface area contributed by atoms with Gasteiger partial charge in [-0.3, -0.25) is 14.4 Å². The summed E-state index contributed by atoms with van der Waals surface area (Å²) in [5.74, 6) is -3.54. The SMILES string of the molecule is C=CCN1C(=O)C2(C(=C(O)c3ccc(C)c(F)c3)C(=O)C(=O)N2CCCN(C)C)c2ccccc21. The molecular weight excluding hydrogens is 449 g/mol. The van der Waals surface area contributed by atoms with Crippen LogP contribution in [0.4, 0.5) is 10.1 Å². The molecule has 2 aliphatic rings. The Bertz CT molecular complexity index is 1270. The molecule has 1 fully saturated rings. The average Bonchev–Trinajstić information content (AvgIpc) is 3.19. The summed E-state index contributed by atoms with van der Waals surface area (Å²) >= 11 is 0. The van der Waals surface area contributed by atoms with Gasteiger partial charge in [-0.2, -0.15) is 0 Å². The van der Waals surface area contributed by atoms with Gasteiger partial charge in [0.2, 0.25) is 0 Å². The van der Waals surface area contributed by atoms with Crippen LogP contribution in [0.5, 0.6) is 0 Å². The zero-order chi connectivity index (χ0) is 25.5. The number of carbonyl (C=O) groups is 3. The number of Topliss-reactive ketones (excluding diaryl/α,β-unsaturated/α-hetero) is 1. The summed E-state index contributed by atoms with van der Waals surface area (Å²) < 4.78 is 14.4. The second kappa shape index (κ2) is 9.11. The molecule has 1 saturated heterocycles. The maximum absolute atomic E-state index is 14.4. The third-order valence-electron chi connectivity index (χ3n) is 6.55. The van der Waals surface area contributed by atoms with Crippen LogP contribution in [-0.4, -0.2) is 66.2 Å². The molecule has 2 aliphatic heterocycles. The lowest BCUT2D eigenvalue weighted by Gasteiger charge is -2.34. The Morgan fingerprint density at radius 1 is 1.17 bits per heavy atom. The third kappa shape index (κ3) is 3.65. The molecule has 0 bridgehead atoms. The quantitative estimate of drug-likeness (QED) is 0.287. The number of hydrogen-bond acceptors (Lipinski definition) is 5. The summed E-state index contributed by atoms with van der Waals surface area (Å²) in [7, 11) is 3.77. The number of hydrogen-bond donors (Lipinski definition) is 1. The van der Waals surface area contributed by atoms with Gasteiger partial charge in [-0.25, -0.2) is 4.39 Å². The second-order valence-electron chi connectivity index (χ2n) is 9.06. The fourth-order valence-corrected chi connectivity index (χ4v) is 4.91. The van der Waals surface area contributed by atoms with Gasteiger partial charge < -0.3 is 19.8 Å². The molecule has 7 nitrogen and oxygen atoms in total. The first-order valence-electron chi connectivity index (χ1n) is 11.4. The zero-order valence-electron chi connectivity index (χ0n) is 20.0. The minimum Gasteiger partial charge on any atom is -0.507 e. The highest BCUT2D eigenvalue weighted by atomic mass is 19.1. The fraction of sp³-hybridized carbons (Fsp3) is 0.296.